The van der Waals surface area contributed by atoms with Crippen LogP contribution in [0.25, 0.3) is 0 Å². The van der Waals surface area contributed by atoms with Crippen LogP contribution >= 0.6 is 0 Å². The molecule has 4 heteroatoms. The number of nitrogens with zero attached hydrogens (tertiary/aromatic N) is 2. The third-order valence-corrected chi connectivity index (χ3v) is 3.31. The van der Waals surface area contributed by atoms with Crippen molar-refractivity contribution < 1.29 is 9.53 Å². The molecule has 0 aliphatic carbocycles. The summed E-state index contributed by atoms with van der Waals surface area (Å²) in [5, 5.41) is 8.87. The van der Waals surface area contributed by atoms with E-state index < -0.39 is 0 Å². The number of ether oxygens (including phenoxy) is 1. The Kier molecular flexibility index (Phi) is 4.53. The van der Waals surface area contributed by atoms with Gasteiger partial charge < -0.3 is 9.64 Å². The molecular formula is C15H18N2O2. The van der Waals surface area contributed by atoms with E-state index >= 15 is 0 Å². The van der Waals surface area contributed by atoms with Crippen LogP contribution in [-0.4, -0.2) is 36.6 Å². The van der Waals surface area contributed by atoms with Gasteiger partial charge in [0.15, 0.2) is 0 Å². The number of likely N-dealkylation sites (tertiary alicyclic amines) is 1. The maximum atomic E-state index is 12.4. The summed E-state index contributed by atoms with van der Waals surface area (Å²) in [5.41, 5.74) is 1.10. The van der Waals surface area contributed by atoms with Gasteiger partial charge in [-0.15, -0.1) is 0 Å². The van der Waals surface area contributed by atoms with Crippen LogP contribution < -0.4 is 0 Å². The zero-order chi connectivity index (χ0) is 13.7. The Bertz CT molecular complexity index is 491. The second kappa shape index (κ2) is 6.35. The molecule has 2 rings (SSSR count). The summed E-state index contributed by atoms with van der Waals surface area (Å²) in [6, 6.07) is 8.91. The van der Waals surface area contributed by atoms with Crippen molar-refractivity contribution in [2.45, 2.75) is 25.9 Å². The first-order valence-electron chi connectivity index (χ1n) is 6.65. The van der Waals surface area contributed by atoms with E-state index in [4.69, 9.17) is 10.00 Å². The van der Waals surface area contributed by atoms with Gasteiger partial charge in [-0.3, -0.25) is 4.79 Å². The molecule has 1 aliphatic heterocycles. The highest BCUT2D eigenvalue weighted by Crippen LogP contribution is 2.16. The average Bonchev–Trinajstić information content (AvgIpc) is 2.47. The normalized spacial score (nSPS) is 18.9. The number of nitriles is 1. The molecule has 0 bridgehead atoms. The monoisotopic (exact) mass is 258 g/mol. The fraction of sp³-hybridized carbons (Fsp3) is 0.467. The molecule has 0 saturated carbocycles. The van der Waals surface area contributed by atoms with E-state index in [0.29, 0.717) is 24.3 Å². The summed E-state index contributed by atoms with van der Waals surface area (Å²) in [7, 11) is 0. The third kappa shape index (κ3) is 3.33. The van der Waals surface area contributed by atoms with Crippen molar-refractivity contribution in [2.75, 3.05) is 19.7 Å². The van der Waals surface area contributed by atoms with Crippen molar-refractivity contribution in [3.8, 4) is 6.07 Å². The summed E-state index contributed by atoms with van der Waals surface area (Å²) in [4.78, 5) is 14.2. The summed E-state index contributed by atoms with van der Waals surface area (Å²) < 4.78 is 5.60. The van der Waals surface area contributed by atoms with Gasteiger partial charge in [0.1, 0.15) is 0 Å². The lowest BCUT2D eigenvalue weighted by atomic mass is 10.1. The average molecular weight is 258 g/mol. The molecule has 0 aromatic heterocycles. The lowest BCUT2D eigenvalue weighted by Gasteiger charge is -2.32. The molecule has 0 spiro atoms. The van der Waals surface area contributed by atoms with Crippen molar-refractivity contribution in [1.29, 1.82) is 5.26 Å². The number of benzene rings is 1. The van der Waals surface area contributed by atoms with E-state index in [9.17, 15) is 4.79 Å². The highest BCUT2D eigenvalue weighted by Gasteiger charge is 2.24. The van der Waals surface area contributed by atoms with Crippen molar-refractivity contribution in [2.24, 2.45) is 0 Å². The van der Waals surface area contributed by atoms with E-state index in [1.807, 2.05) is 11.8 Å². The second-order valence-electron chi connectivity index (χ2n) is 4.66. The maximum Gasteiger partial charge on any atom is 0.253 e. The topological polar surface area (TPSA) is 53.3 Å². The van der Waals surface area contributed by atoms with Gasteiger partial charge in [0.25, 0.3) is 5.91 Å². The minimum Gasteiger partial charge on any atom is -0.377 e. The number of carbonyl (C=O) groups excluding carboxylic acids is 1. The van der Waals surface area contributed by atoms with Crippen LogP contribution in [0.4, 0.5) is 0 Å². The van der Waals surface area contributed by atoms with Crippen molar-refractivity contribution in [1.82, 2.24) is 4.90 Å². The molecule has 1 aliphatic rings. The Balaban J connectivity index is 2.08. The fourth-order valence-corrected chi connectivity index (χ4v) is 2.40. The Labute approximate surface area is 113 Å². The summed E-state index contributed by atoms with van der Waals surface area (Å²) in [5.74, 6) is -0.0125. The predicted molar refractivity (Wildman–Crippen MR) is 71.7 cm³/mol. The number of amides is 1. The minimum atomic E-state index is -0.0125. The van der Waals surface area contributed by atoms with Gasteiger partial charge >= 0.3 is 0 Å². The van der Waals surface area contributed by atoms with Gasteiger partial charge in [0.05, 0.1) is 17.7 Å². The van der Waals surface area contributed by atoms with Crippen LogP contribution in [0.2, 0.25) is 0 Å². The maximum absolute atomic E-state index is 12.4. The Morgan fingerprint density at radius 1 is 1.58 bits per heavy atom. The van der Waals surface area contributed by atoms with E-state index in [-0.39, 0.29) is 12.0 Å². The number of hydrogen-bond acceptors (Lipinski definition) is 3. The number of hydrogen-bond donors (Lipinski definition) is 0. The molecule has 1 unspecified atom stereocenters. The van der Waals surface area contributed by atoms with E-state index in [1.165, 1.54) is 0 Å². The van der Waals surface area contributed by atoms with Gasteiger partial charge in [-0.05, 0) is 38.0 Å². The van der Waals surface area contributed by atoms with E-state index in [0.717, 1.165) is 19.4 Å². The lowest BCUT2D eigenvalue weighted by molar-refractivity contribution is 0.00724. The van der Waals surface area contributed by atoms with Crippen LogP contribution in [0.15, 0.2) is 24.3 Å². The highest BCUT2D eigenvalue weighted by molar-refractivity contribution is 5.94. The minimum absolute atomic E-state index is 0.0125. The van der Waals surface area contributed by atoms with Crippen LogP contribution in [0.5, 0.6) is 0 Å². The lowest BCUT2D eigenvalue weighted by Crippen LogP contribution is -2.43. The largest absolute Gasteiger partial charge is 0.377 e. The van der Waals surface area contributed by atoms with Crippen LogP contribution in [-0.2, 0) is 4.74 Å². The number of piperidine rings is 1. The van der Waals surface area contributed by atoms with Crippen LogP contribution in [0.1, 0.15) is 35.7 Å². The summed E-state index contributed by atoms with van der Waals surface area (Å²) in [6.07, 6.45) is 2.12. The Morgan fingerprint density at radius 2 is 2.42 bits per heavy atom. The quantitative estimate of drug-likeness (QED) is 0.835. The summed E-state index contributed by atoms with van der Waals surface area (Å²) in [6.45, 7) is 4.05. The molecule has 19 heavy (non-hydrogen) atoms. The van der Waals surface area contributed by atoms with Crippen LogP contribution in [0.3, 0.4) is 0 Å². The zero-order valence-electron chi connectivity index (χ0n) is 11.1. The van der Waals surface area contributed by atoms with Gasteiger partial charge in [0, 0.05) is 25.3 Å². The molecule has 1 atom stereocenters. The molecule has 0 radical (unpaired) electrons. The zero-order valence-corrected chi connectivity index (χ0v) is 11.1. The molecule has 4 nitrogen and oxygen atoms in total. The number of carbonyl (C=O) groups is 1. The molecule has 0 N–H and O–H groups in total. The van der Waals surface area contributed by atoms with Gasteiger partial charge in [0.2, 0.25) is 0 Å². The standard InChI is InChI=1S/C15H18N2O2/c1-2-19-14-7-4-8-17(11-14)15(18)13-6-3-5-12(9-13)10-16/h3,5-6,9,14H,2,4,7-8,11H2,1H3. The smallest absolute Gasteiger partial charge is 0.253 e. The Hall–Kier alpha value is -1.86. The molecule has 1 saturated heterocycles. The first-order chi connectivity index (χ1) is 9.24. The van der Waals surface area contributed by atoms with E-state index in [1.54, 1.807) is 24.3 Å². The third-order valence-electron chi connectivity index (χ3n) is 3.31. The Morgan fingerprint density at radius 3 is 3.16 bits per heavy atom. The molecule has 1 amide bonds. The SMILES string of the molecule is CCOC1CCCN(C(=O)c2cccc(C#N)c2)C1. The molecule has 1 aromatic rings. The van der Waals surface area contributed by atoms with Gasteiger partial charge in [-0.1, -0.05) is 6.07 Å². The van der Waals surface area contributed by atoms with Crippen molar-refractivity contribution in [3.05, 3.63) is 35.4 Å². The fourth-order valence-electron chi connectivity index (χ4n) is 2.40. The van der Waals surface area contributed by atoms with Crippen LogP contribution in [0, 0.1) is 11.3 Å². The van der Waals surface area contributed by atoms with Crippen molar-refractivity contribution in [3.63, 3.8) is 0 Å². The van der Waals surface area contributed by atoms with E-state index in [2.05, 4.69) is 6.07 Å². The molecule has 1 aromatic carbocycles. The highest BCUT2D eigenvalue weighted by atomic mass is 16.5. The molecule has 100 valence electrons. The molecule has 1 heterocycles. The molecule has 1 fully saturated rings. The molecular weight excluding hydrogens is 240 g/mol. The number of rotatable bonds is 3. The predicted octanol–water partition coefficient (Wildman–Crippen LogP) is 2.20. The second-order valence-corrected chi connectivity index (χ2v) is 4.66. The summed E-state index contributed by atoms with van der Waals surface area (Å²) >= 11 is 0. The van der Waals surface area contributed by atoms with Crippen molar-refractivity contribution >= 4 is 5.91 Å². The first kappa shape index (κ1) is 13.6. The first-order valence-corrected chi connectivity index (χ1v) is 6.65. The van der Waals surface area contributed by atoms with Gasteiger partial charge in [-0.2, -0.15) is 5.26 Å². The van der Waals surface area contributed by atoms with Gasteiger partial charge in [-0.25, -0.2) is 0 Å².